The van der Waals surface area contributed by atoms with E-state index in [9.17, 15) is 4.79 Å². The number of carbonyl (C=O) groups excluding carboxylic acids is 1. The Bertz CT molecular complexity index is 170. The second-order valence-electron chi connectivity index (χ2n) is 2.56. The average Bonchev–Trinajstić information content (AvgIpc) is 2.34. The van der Waals surface area contributed by atoms with Crippen LogP contribution in [0.1, 0.15) is 19.8 Å². The Balaban J connectivity index is 2.57. The molecule has 0 spiro atoms. The molecule has 0 aromatic heterocycles. The zero-order chi connectivity index (χ0) is 7.56. The van der Waals surface area contributed by atoms with E-state index in [4.69, 9.17) is 4.74 Å². The van der Waals surface area contributed by atoms with E-state index in [0.29, 0.717) is 0 Å². The fourth-order valence-electron chi connectivity index (χ4n) is 1.17. The number of hydrogen-bond donors (Lipinski definition) is 0. The molecule has 56 valence electrons. The number of rotatable bonds is 2. The molecule has 2 heteroatoms. The normalized spacial score (nSPS) is 24.6. The van der Waals surface area contributed by atoms with E-state index in [2.05, 4.69) is 0 Å². The molecule has 1 aliphatic rings. The van der Waals surface area contributed by atoms with Crippen LogP contribution in [0.15, 0.2) is 11.6 Å². The second kappa shape index (κ2) is 2.97. The van der Waals surface area contributed by atoms with Gasteiger partial charge in [-0.2, -0.15) is 0 Å². The lowest BCUT2D eigenvalue weighted by molar-refractivity contribution is -0.113. The van der Waals surface area contributed by atoms with E-state index in [1.54, 1.807) is 14.0 Å². The van der Waals surface area contributed by atoms with Gasteiger partial charge in [0, 0.05) is 7.11 Å². The minimum Gasteiger partial charge on any atom is -0.377 e. The molecule has 0 fully saturated rings. The van der Waals surface area contributed by atoms with Crippen LogP contribution in [-0.4, -0.2) is 19.0 Å². The van der Waals surface area contributed by atoms with Gasteiger partial charge in [-0.3, -0.25) is 4.79 Å². The first-order valence-corrected chi connectivity index (χ1v) is 3.48. The Labute approximate surface area is 60.9 Å². The summed E-state index contributed by atoms with van der Waals surface area (Å²) in [5.74, 6) is 0.180. The Morgan fingerprint density at radius 3 is 2.80 bits per heavy atom. The minimum absolute atomic E-state index is 0.180. The molecule has 0 amide bonds. The minimum atomic E-state index is 0.180. The largest absolute Gasteiger partial charge is 0.377 e. The van der Waals surface area contributed by atoms with Gasteiger partial charge >= 0.3 is 0 Å². The summed E-state index contributed by atoms with van der Waals surface area (Å²) in [4.78, 5) is 10.8. The second-order valence-corrected chi connectivity index (χ2v) is 2.56. The highest BCUT2D eigenvalue weighted by atomic mass is 16.5. The molecule has 1 aliphatic carbocycles. The lowest BCUT2D eigenvalue weighted by atomic mass is 10.2. The zero-order valence-electron chi connectivity index (χ0n) is 6.39. The number of methoxy groups -OCH3 is 1. The Kier molecular flexibility index (Phi) is 2.22. The maximum Gasteiger partial charge on any atom is 0.155 e. The van der Waals surface area contributed by atoms with Gasteiger partial charge in [0.15, 0.2) is 5.78 Å². The van der Waals surface area contributed by atoms with Crippen molar-refractivity contribution in [2.24, 2.45) is 0 Å². The van der Waals surface area contributed by atoms with Crippen LogP contribution in [0.5, 0.6) is 0 Å². The quantitative estimate of drug-likeness (QED) is 0.578. The van der Waals surface area contributed by atoms with E-state index in [0.717, 1.165) is 18.4 Å². The average molecular weight is 140 g/mol. The topological polar surface area (TPSA) is 26.3 Å². The fraction of sp³-hybridized carbons (Fsp3) is 0.625. The van der Waals surface area contributed by atoms with Crippen molar-refractivity contribution in [2.45, 2.75) is 25.9 Å². The van der Waals surface area contributed by atoms with Gasteiger partial charge in [0.2, 0.25) is 0 Å². The maximum absolute atomic E-state index is 10.8. The highest BCUT2D eigenvalue weighted by Crippen LogP contribution is 2.20. The third kappa shape index (κ3) is 1.45. The van der Waals surface area contributed by atoms with Gasteiger partial charge in [-0.05, 0) is 31.4 Å². The molecule has 0 aromatic rings. The highest BCUT2D eigenvalue weighted by molar-refractivity contribution is 5.93. The van der Waals surface area contributed by atoms with Crippen LogP contribution >= 0.6 is 0 Å². The van der Waals surface area contributed by atoms with E-state index < -0.39 is 0 Å². The number of ether oxygens (including phenoxy) is 1. The zero-order valence-corrected chi connectivity index (χ0v) is 6.39. The fourth-order valence-corrected chi connectivity index (χ4v) is 1.17. The van der Waals surface area contributed by atoms with Crippen molar-refractivity contribution in [3.63, 3.8) is 0 Å². The molecule has 1 unspecified atom stereocenters. The first kappa shape index (κ1) is 7.48. The van der Waals surface area contributed by atoms with Crippen molar-refractivity contribution in [1.82, 2.24) is 0 Å². The summed E-state index contributed by atoms with van der Waals surface area (Å²) >= 11 is 0. The molecule has 0 saturated heterocycles. The Morgan fingerprint density at radius 1 is 1.80 bits per heavy atom. The molecule has 2 nitrogen and oxygen atoms in total. The van der Waals surface area contributed by atoms with Gasteiger partial charge in [-0.1, -0.05) is 0 Å². The third-order valence-electron chi connectivity index (χ3n) is 1.84. The van der Waals surface area contributed by atoms with Crippen LogP contribution in [-0.2, 0) is 9.53 Å². The van der Waals surface area contributed by atoms with Crippen LogP contribution in [0, 0.1) is 0 Å². The number of allylic oxidation sites excluding steroid dienone is 1. The molecule has 1 rings (SSSR count). The van der Waals surface area contributed by atoms with Crippen molar-refractivity contribution in [3.8, 4) is 0 Å². The summed E-state index contributed by atoms with van der Waals surface area (Å²) < 4.78 is 5.06. The molecule has 10 heavy (non-hydrogen) atoms. The summed E-state index contributed by atoms with van der Waals surface area (Å²) in [5, 5.41) is 0. The number of carbonyl (C=O) groups is 1. The smallest absolute Gasteiger partial charge is 0.155 e. The lowest BCUT2D eigenvalue weighted by Gasteiger charge is -2.00. The van der Waals surface area contributed by atoms with Gasteiger partial charge in [-0.15, -0.1) is 0 Å². The predicted octanol–water partition coefficient (Wildman–Crippen LogP) is 1.31. The molecular formula is C8H12O2. The Hall–Kier alpha value is -0.630. The van der Waals surface area contributed by atoms with Crippen LogP contribution in [0.25, 0.3) is 0 Å². The molecule has 1 atom stereocenters. The van der Waals surface area contributed by atoms with Gasteiger partial charge in [-0.25, -0.2) is 0 Å². The molecule has 0 aliphatic heterocycles. The van der Waals surface area contributed by atoms with E-state index in [-0.39, 0.29) is 11.9 Å². The van der Waals surface area contributed by atoms with Crippen molar-refractivity contribution in [2.75, 3.05) is 7.11 Å². The monoisotopic (exact) mass is 140 g/mol. The summed E-state index contributed by atoms with van der Waals surface area (Å²) in [5.41, 5.74) is 0.923. The standard InChI is InChI=1S/C8H12O2/c1-6(9)7-3-4-8(5-7)10-2/h5,8H,3-4H2,1-2H3. The first-order chi connectivity index (χ1) is 4.74. The van der Waals surface area contributed by atoms with E-state index in [1.165, 1.54) is 0 Å². The first-order valence-electron chi connectivity index (χ1n) is 3.48. The van der Waals surface area contributed by atoms with Crippen molar-refractivity contribution in [3.05, 3.63) is 11.6 Å². The molecule has 0 heterocycles. The summed E-state index contributed by atoms with van der Waals surface area (Å²) in [6.07, 6.45) is 3.94. The van der Waals surface area contributed by atoms with Gasteiger partial charge in [0.1, 0.15) is 0 Å². The van der Waals surface area contributed by atoms with Gasteiger partial charge in [0.05, 0.1) is 6.10 Å². The molecule has 0 radical (unpaired) electrons. The van der Waals surface area contributed by atoms with Crippen molar-refractivity contribution in [1.29, 1.82) is 0 Å². The summed E-state index contributed by atoms with van der Waals surface area (Å²) in [6, 6.07) is 0. The maximum atomic E-state index is 10.8. The van der Waals surface area contributed by atoms with E-state index in [1.807, 2.05) is 6.08 Å². The van der Waals surface area contributed by atoms with Crippen molar-refractivity contribution >= 4 is 5.78 Å². The van der Waals surface area contributed by atoms with Crippen LogP contribution in [0.4, 0.5) is 0 Å². The number of hydrogen-bond acceptors (Lipinski definition) is 2. The summed E-state index contributed by atoms with van der Waals surface area (Å²) in [7, 11) is 1.67. The third-order valence-corrected chi connectivity index (χ3v) is 1.84. The predicted molar refractivity (Wildman–Crippen MR) is 38.8 cm³/mol. The number of Topliss-reactive ketones (excluding diaryl/α,β-unsaturated/α-hetero) is 1. The van der Waals surface area contributed by atoms with Gasteiger partial charge in [0.25, 0.3) is 0 Å². The molecule has 0 bridgehead atoms. The highest BCUT2D eigenvalue weighted by Gasteiger charge is 2.16. The molecule has 0 saturated carbocycles. The Morgan fingerprint density at radius 2 is 2.50 bits per heavy atom. The van der Waals surface area contributed by atoms with Crippen LogP contribution in [0.2, 0.25) is 0 Å². The SMILES string of the molecule is COC1C=C(C(C)=O)CC1. The van der Waals surface area contributed by atoms with Crippen LogP contribution < -0.4 is 0 Å². The van der Waals surface area contributed by atoms with Gasteiger partial charge < -0.3 is 4.74 Å². The molecule has 0 N–H and O–H groups in total. The number of ketones is 1. The molecular weight excluding hydrogens is 128 g/mol. The van der Waals surface area contributed by atoms with E-state index >= 15 is 0 Å². The van der Waals surface area contributed by atoms with Crippen LogP contribution in [0.3, 0.4) is 0 Å². The van der Waals surface area contributed by atoms with Crippen molar-refractivity contribution < 1.29 is 9.53 Å². The molecule has 0 aromatic carbocycles. The lowest BCUT2D eigenvalue weighted by Crippen LogP contribution is -2.00. The summed E-state index contributed by atoms with van der Waals surface area (Å²) in [6.45, 7) is 1.60.